The lowest BCUT2D eigenvalue weighted by Crippen LogP contribution is -2.56. The molecule has 2 unspecified atom stereocenters. The van der Waals surface area contributed by atoms with Crippen LogP contribution in [0.4, 0.5) is 5.69 Å². The van der Waals surface area contributed by atoms with E-state index in [1.165, 1.54) is 19.3 Å². The lowest BCUT2D eigenvalue weighted by molar-refractivity contribution is -0.170. The monoisotopic (exact) mass is 441 g/mol. The third-order valence-electron chi connectivity index (χ3n) is 6.82. The fourth-order valence-corrected chi connectivity index (χ4v) is 7.65. The molecule has 0 aliphatic heterocycles. The number of rotatable bonds is 4. The van der Waals surface area contributed by atoms with Crippen LogP contribution in [0.2, 0.25) is 0 Å². The molecule has 0 heterocycles. The van der Waals surface area contributed by atoms with Gasteiger partial charge in [-0.2, -0.15) is 0 Å². The van der Waals surface area contributed by atoms with Gasteiger partial charge in [-0.3, -0.25) is 9.59 Å². The predicted molar refractivity (Wildman–Crippen MR) is 112 cm³/mol. The van der Waals surface area contributed by atoms with Crippen molar-refractivity contribution in [1.29, 1.82) is 0 Å². The van der Waals surface area contributed by atoms with E-state index in [9.17, 15) is 9.59 Å². The number of benzene rings is 2. The number of anilines is 1. The van der Waals surface area contributed by atoms with E-state index in [0.29, 0.717) is 11.8 Å². The Hall–Kier alpha value is -1.88. The lowest BCUT2D eigenvalue weighted by atomic mass is 9.49. The second-order valence-electron chi connectivity index (χ2n) is 9.04. The van der Waals surface area contributed by atoms with Gasteiger partial charge < -0.3 is 10.1 Å². The standard InChI is InChI=1S/C23H24BrNO3/c24-23-11-15-8-16(12-23)10-22(9-15,14-23)21(27)28-13-20(26)25-19-7-3-5-17-4-1-2-6-18(17)19/h1-7,15-16H,8-14H2,(H,25,26). The number of hydrogen-bond acceptors (Lipinski definition) is 3. The molecule has 4 saturated carbocycles. The Morgan fingerprint density at radius 1 is 1.04 bits per heavy atom. The molecule has 2 aromatic carbocycles. The van der Waals surface area contributed by atoms with E-state index >= 15 is 0 Å². The summed E-state index contributed by atoms with van der Waals surface area (Å²) in [7, 11) is 0. The van der Waals surface area contributed by atoms with Crippen molar-refractivity contribution in [2.24, 2.45) is 17.3 Å². The molecular weight excluding hydrogens is 418 g/mol. The molecule has 0 spiro atoms. The Morgan fingerprint density at radius 2 is 1.75 bits per heavy atom. The van der Waals surface area contributed by atoms with Crippen LogP contribution in [0.3, 0.4) is 0 Å². The van der Waals surface area contributed by atoms with Crippen LogP contribution in [0.15, 0.2) is 42.5 Å². The summed E-state index contributed by atoms with van der Waals surface area (Å²) in [4.78, 5) is 25.4. The smallest absolute Gasteiger partial charge is 0.312 e. The fraction of sp³-hybridized carbons (Fsp3) is 0.478. The third-order valence-corrected chi connectivity index (χ3v) is 7.75. The van der Waals surface area contributed by atoms with Gasteiger partial charge in [0.2, 0.25) is 0 Å². The van der Waals surface area contributed by atoms with Crippen LogP contribution in [0.5, 0.6) is 0 Å². The maximum Gasteiger partial charge on any atom is 0.312 e. The lowest BCUT2D eigenvalue weighted by Gasteiger charge is -2.58. The predicted octanol–water partition coefficient (Wildman–Crippen LogP) is 5.06. The molecule has 146 valence electrons. The first-order valence-electron chi connectivity index (χ1n) is 10.1. The van der Waals surface area contributed by atoms with Gasteiger partial charge in [-0.25, -0.2) is 0 Å². The Bertz CT molecular complexity index is 937. The van der Waals surface area contributed by atoms with E-state index in [-0.39, 0.29) is 22.8 Å². The third kappa shape index (κ3) is 3.14. The van der Waals surface area contributed by atoms with Crippen molar-refractivity contribution in [1.82, 2.24) is 0 Å². The van der Waals surface area contributed by atoms with Gasteiger partial charge in [0.15, 0.2) is 6.61 Å². The van der Waals surface area contributed by atoms with E-state index in [4.69, 9.17) is 4.74 Å². The molecule has 28 heavy (non-hydrogen) atoms. The van der Waals surface area contributed by atoms with Gasteiger partial charge in [-0.15, -0.1) is 0 Å². The summed E-state index contributed by atoms with van der Waals surface area (Å²) in [5.41, 5.74) is 0.348. The molecule has 0 saturated heterocycles. The van der Waals surface area contributed by atoms with Crippen molar-refractivity contribution in [3.63, 3.8) is 0 Å². The summed E-state index contributed by atoms with van der Waals surface area (Å²) in [6.07, 6.45) is 6.25. The number of halogens is 1. The zero-order valence-corrected chi connectivity index (χ0v) is 17.3. The van der Waals surface area contributed by atoms with Gasteiger partial charge >= 0.3 is 5.97 Å². The number of fused-ring (bicyclic) bond motifs is 1. The summed E-state index contributed by atoms with van der Waals surface area (Å²) in [6.45, 7) is -0.228. The molecule has 4 aliphatic rings. The molecule has 1 amide bonds. The van der Waals surface area contributed by atoms with Crippen LogP contribution in [-0.4, -0.2) is 22.8 Å². The highest BCUT2D eigenvalue weighted by Crippen LogP contribution is 2.64. The highest BCUT2D eigenvalue weighted by Gasteiger charge is 2.60. The van der Waals surface area contributed by atoms with E-state index in [1.54, 1.807) is 0 Å². The second kappa shape index (κ2) is 6.58. The molecule has 4 bridgehead atoms. The molecule has 0 aromatic heterocycles. The highest BCUT2D eigenvalue weighted by molar-refractivity contribution is 9.10. The van der Waals surface area contributed by atoms with Crippen molar-refractivity contribution in [3.05, 3.63) is 42.5 Å². The molecule has 0 radical (unpaired) electrons. The number of hydrogen-bond donors (Lipinski definition) is 1. The number of carbonyl (C=O) groups excluding carboxylic acids is 2. The van der Waals surface area contributed by atoms with E-state index in [0.717, 1.165) is 35.7 Å². The van der Waals surface area contributed by atoms with Gasteiger partial charge in [0, 0.05) is 15.4 Å². The summed E-state index contributed by atoms with van der Waals surface area (Å²) in [5, 5.41) is 4.94. The minimum Gasteiger partial charge on any atom is -0.455 e. The maximum atomic E-state index is 13.0. The SMILES string of the molecule is O=C(COC(=O)C12CC3CC(CC(Br)(C3)C1)C2)Nc1cccc2ccccc12. The van der Waals surface area contributed by atoms with Crippen molar-refractivity contribution >= 4 is 44.3 Å². The summed E-state index contributed by atoms with van der Waals surface area (Å²) < 4.78 is 5.64. The zero-order valence-electron chi connectivity index (χ0n) is 15.7. The number of alkyl halides is 1. The van der Waals surface area contributed by atoms with Crippen LogP contribution in [0.1, 0.15) is 38.5 Å². The summed E-state index contributed by atoms with van der Waals surface area (Å²) >= 11 is 3.92. The van der Waals surface area contributed by atoms with Crippen molar-refractivity contribution < 1.29 is 14.3 Å². The Balaban J connectivity index is 1.25. The molecule has 2 aromatic rings. The molecule has 5 heteroatoms. The van der Waals surface area contributed by atoms with Gasteiger partial charge in [-0.1, -0.05) is 52.3 Å². The molecule has 4 nitrogen and oxygen atoms in total. The van der Waals surface area contributed by atoms with Crippen molar-refractivity contribution in [2.75, 3.05) is 11.9 Å². The van der Waals surface area contributed by atoms with Gasteiger partial charge in [0.25, 0.3) is 5.91 Å². The number of nitrogens with one attached hydrogen (secondary N) is 1. The Morgan fingerprint density at radius 3 is 2.50 bits per heavy atom. The van der Waals surface area contributed by atoms with Gasteiger partial charge in [0.1, 0.15) is 0 Å². The first-order chi connectivity index (χ1) is 13.4. The van der Waals surface area contributed by atoms with Crippen LogP contribution in [0, 0.1) is 17.3 Å². The largest absolute Gasteiger partial charge is 0.455 e. The van der Waals surface area contributed by atoms with E-state index in [2.05, 4.69) is 21.2 Å². The second-order valence-corrected chi connectivity index (χ2v) is 10.7. The van der Waals surface area contributed by atoms with Crippen molar-refractivity contribution in [3.8, 4) is 0 Å². The zero-order chi connectivity index (χ0) is 19.4. The number of amides is 1. The normalized spacial score (nSPS) is 33.0. The van der Waals surface area contributed by atoms with E-state index < -0.39 is 5.41 Å². The van der Waals surface area contributed by atoms with Crippen molar-refractivity contribution in [2.45, 2.75) is 42.8 Å². The first-order valence-corrected chi connectivity index (χ1v) is 10.9. The summed E-state index contributed by atoms with van der Waals surface area (Å²) in [5.74, 6) is 0.747. The minimum atomic E-state index is -0.396. The Kier molecular flexibility index (Phi) is 4.27. The first kappa shape index (κ1) is 18.2. The van der Waals surface area contributed by atoms with E-state index in [1.807, 2.05) is 42.5 Å². The summed E-state index contributed by atoms with van der Waals surface area (Å²) in [6, 6.07) is 13.7. The fourth-order valence-electron chi connectivity index (χ4n) is 6.19. The van der Waals surface area contributed by atoms with Crippen LogP contribution in [-0.2, 0) is 14.3 Å². The molecule has 1 N–H and O–H groups in total. The average molecular weight is 442 g/mol. The minimum absolute atomic E-state index is 0.0985. The maximum absolute atomic E-state index is 13.0. The van der Waals surface area contributed by atoms with Gasteiger partial charge in [-0.05, 0) is 61.8 Å². The molecule has 4 aliphatic carbocycles. The number of ether oxygens (including phenoxy) is 1. The number of carbonyl (C=O) groups is 2. The molecular formula is C23H24BrNO3. The Labute approximate surface area is 173 Å². The number of esters is 1. The topological polar surface area (TPSA) is 55.4 Å². The quantitative estimate of drug-likeness (QED) is 0.532. The average Bonchev–Trinajstić information content (AvgIpc) is 2.64. The van der Waals surface area contributed by atoms with Crippen LogP contribution >= 0.6 is 15.9 Å². The highest BCUT2D eigenvalue weighted by atomic mass is 79.9. The van der Waals surface area contributed by atoms with Crippen LogP contribution in [0.25, 0.3) is 10.8 Å². The molecule has 2 atom stereocenters. The molecule has 6 rings (SSSR count). The van der Waals surface area contributed by atoms with Crippen LogP contribution < -0.4 is 5.32 Å². The van der Waals surface area contributed by atoms with Gasteiger partial charge in [0.05, 0.1) is 5.41 Å². The molecule has 4 fully saturated rings.